The lowest BCUT2D eigenvalue weighted by Crippen LogP contribution is -2.33. The zero-order chi connectivity index (χ0) is 31.4. The number of carbonyl (C=O) groups is 1. The molecule has 4 rings (SSSR count). The standard InChI is InChI=1S/C29H31F2N5O6S/c1-17-21-11-18(13-24(26(21)35-16-34-17)41-10-6-9-32-28(37)42-29(2,3)4)19-12-23(27(40-5)33-15-19)36-43(38,39)25-8-7-20(30)14-22(25)31/h7-8,11-16,36H,6,9-10H2,1-5H3,(H,32,37). The van der Waals surface area contributed by atoms with E-state index in [2.05, 4.69) is 25.0 Å². The highest BCUT2D eigenvalue weighted by molar-refractivity contribution is 7.92. The van der Waals surface area contributed by atoms with Crippen LogP contribution in [0.4, 0.5) is 19.3 Å². The Labute approximate surface area is 247 Å². The molecule has 0 radical (unpaired) electrons. The van der Waals surface area contributed by atoms with Crippen LogP contribution in [0.25, 0.3) is 22.0 Å². The summed E-state index contributed by atoms with van der Waals surface area (Å²) in [6.07, 6.45) is 2.85. The second-order valence-electron chi connectivity index (χ2n) is 10.4. The van der Waals surface area contributed by atoms with Gasteiger partial charge in [-0.25, -0.2) is 36.9 Å². The Bertz CT molecular complexity index is 1760. The van der Waals surface area contributed by atoms with Gasteiger partial charge in [-0.2, -0.15) is 0 Å². The van der Waals surface area contributed by atoms with Crippen molar-refractivity contribution < 1.29 is 36.2 Å². The number of ether oxygens (including phenoxy) is 3. The molecule has 1 amide bonds. The van der Waals surface area contributed by atoms with Gasteiger partial charge in [-0.05, 0) is 70.0 Å². The van der Waals surface area contributed by atoms with Crippen LogP contribution < -0.4 is 19.5 Å². The maximum Gasteiger partial charge on any atom is 0.407 e. The second-order valence-corrected chi connectivity index (χ2v) is 12.1. The molecule has 0 fully saturated rings. The molecule has 11 nitrogen and oxygen atoms in total. The summed E-state index contributed by atoms with van der Waals surface area (Å²) in [7, 11) is -3.17. The number of sulfonamides is 1. The van der Waals surface area contributed by atoms with Crippen molar-refractivity contribution in [2.24, 2.45) is 0 Å². The summed E-state index contributed by atoms with van der Waals surface area (Å²) in [5.74, 6) is -1.79. The van der Waals surface area contributed by atoms with E-state index in [-0.39, 0.29) is 18.2 Å². The van der Waals surface area contributed by atoms with Gasteiger partial charge in [0.25, 0.3) is 10.0 Å². The third kappa shape index (κ3) is 7.83. The number of halogens is 2. The average molecular weight is 616 g/mol. The maximum absolute atomic E-state index is 14.3. The largest absolute Gasteiger partial charge is 0.491 e. The number of methoxy groups -OCH3 is 1. The van der Waals surface area contributed by atoms with Gasteiger partial charge < -0.3 is 19.5 Å². The third-order valence-electron chi connectivity index (χ3n) is 5.96. The summed E-state index contributed by atoms with van der Waals surface area (Å²) in [6, 6.07) is 7.16. The van der Waals surface area contributed by atoms with Crippen molar-refractivity contribution in [3.8, 4) is 22.8 Å². The molecule has 0 atom stereocenters. The number of amides is 1. The van der Waals surface area contributed by atoms with E-state index >= 15 is 0 Å². The molecule has 228 valence electrons. The van der Waals surface area contributed by atoms with Gasteiger partial charge in [0.05, 0.1) is 13.7 Å². The van der Waals surface area contributed by atoms with E-state index in [0.717, 1.165) is 12.1 Å². The smallest absolute Gasteiger partial charge is 0.407 e. The molecular weight excluding hydrogens is 584 g/mol. The summed E-state index contributed by atoms with van der Waals surface area (Å²) in [5, 5.41) is 3.37. The van der Waals surface area contributed by atoms with Gasteiger partial charge in [0.1, 0.15) is 45.4 Å². The fourth-order valence-electron chi connectivity index (χ4n) is 4.03. The number of anilines is 1. The Hall–Kier alpha value is -4.59. The van der Waals surface area contributed by atoms with E-state index in [4.69, 9.17) is 14.2 Å². The number of carbonyl (C=O) groups excluding carboxylic acids is 1. The van der Waals surface area contributed by atoms with Crippen molar-refractivity contribution in [2.45, 2.75) is 44.6 Å². The minimum atomic E-state index is -4.47. The van der Waals surface area contributed by atoms with Crippen LogP contribution >= 0.6 is 0 Å². The Morgan fingerprint density at radius 3 is 2.49 bits per heavy atom. The second kappa shape index (κ2) is 12.7. The molecule has 0 unspecified atom stereocenters. The summed E-state index contributed by atoms with van der Waals surface area (Å²) < 4.78 is 72.4. The fraction of sp³-hybridized carbons (Fsp3) is 0.310. The van der Waals surface area contributed by atoms with Crippen molar-refractivity contribution in [2.75, 3.05) is 25.0 Å². The lowest BCUT2D eigenvalue weighted by Gasteiger charge is -2.19. The molecule has 0 aliphatic carbocycles. The van der Waals surface area contributed by atoms with Gasteiger partial charge in [-0.15, -0.1) is 0 Å². The van der Waals surface area contributed by atoms with Gasteiger partial charge in [-0.1, -0.05) is 0 Å². The number of pyridine rings is 1. The fourth-order valence-corrected chi connectivity index (χ4v) is 5.14. The Morgan fingerprint density at radius 1 is 1.02 bits per heavy atom. The van der Waals surface area contributed by atoms with Gasteiger partial charge >= 0.3 is 6.09 Å². The highest BCUT2D eigenvalue weighted by atomic mass is 32.2. The lowest BCUT2D eigenvalue weighted by atomic mass is 10.0. The highest BCUT2D eigenvalue weighted by Crippen LogP contribution is 2.35. The normalized spacial score (nSPS) is 11.7. The van der Waals surface area contributed by atoms with Gasteiger partial charge in [-0.3, -0.25) is 4.72 Å². The molecule has 2 aromatic heterocycles. The van der Waals surface area contributed by atoms with E-state index in [9.17, 15) is 22.0 Å². The Kier molecular flexibility index (Phi) is 9.28. The quantitative estimate of drug-likeness (QED) is 0.225. The number of aromatic nitrogens is 3. The van der Waals surface area contributed by atoms with E-state index in [1.807, 2.05) is 13.0 Å². The van der Waals surface area contributed by atoms with Gasteiger partial charge in [0.2, 0.25) is 5.88 Å². The van der Waals surface area contributed by atoms with Crippen LogP contribution in [0.5, 0.6) is 11.6 Å². The molecule has 14 heteroatoms. The van der Waals surface area contributed by atoms with Crippen molar-refractivity contribution >= 4 is 32.7 Å². The lowest BCUT2D eigenvalue weighted by molar-refractivity contribution is 0.0525. The molecule has 0 aliphatic heterocycles. The SMILES string of the molecule is COc1ncc(-c2cc(OCCCNC(=O)OC(C)(C)C)c3ncnc(C)c3c2)cc1NS(=O)(=O)c1ccc(F)cc1F. The molecule has 0 bridgehead atoms. The molecule has 0 aliphatic rings. The maximum atomic E-state index is 14.3. The molecule has 2 aromatic carbocycles. The number of nitrogens with zero attached hydrogens (tertiary/aromatic N) is 3. The number of fused-ring (bicyclic) bond motifs is 1. The first kappa shape index (κ1) is 31.3. The number of aryl methyl sites for hydroxylation is 1. The molecule has 0 spiro atoms. The van der Waals surface area contributed by atoms with Crippen molar-refractivity contribution in [1.82, 2.24) is 20.3 Å². The molecule has 43 heavy (non-hydrogen) atoms. The molecule has 0 saturated heterocycles. The Morgan fingerprint density at radius 2 is 1.79 bits per heavy atom. The first-order valence-electron chi connectivity index (χ1n) is 13.1. The summed E-state index contributed by atoms with van der Waals surface area (Å²) in [5.41, 5.74) is 1.63. The number of rotatable bonds is 10. The summed E-state index contributed by atoms with van der Waals surface area (Å²) >= 11 is 0. The van der Waals surface area contributed by atoms with Crippen LogP contribution in [0.3, 0.4) is 0 Å². The average Bonchev–Trinajstić information content (AvgIpc) is 2.91. The van der Waals surface area contributed by atoms with Crippen molar-refractivity contribution in [1.29, 1.82) is 0 Å². The predicted molar refractivity (Wildman–Crippen MR) is 156 cm³/mol. The van der Waals surface area contributed by atoms with Crippen LogP contribution in [0.15, 0.2) is 53.8 Å². The molecule has 4 aromatic rings. The minimum Gasteiger partial charge on any atom is -0.491 e. The van der Waals surface area contributed by atoms with Crippen LogP contribution in [0, 0.1) is 18.6 Å². The van der Waals surface area contributed by atoms with Crippen LogP contribution in [-0.2, 0) is 14.8 Å². The first-order chi connectivity index (χ1) is 20.3. The van der Waals surface area contributed by atoms with E-state index < -0.39 is 38.2 Å². The number of nitrogens with one attached hydrogen (secondary N) is 2. The number of hydrogen-bond acceptors (Lipinski definition) is 9. The minimum absolute atomic E-state index is 0.0656. The van der Waals surface area contributed by atoms with Gasteiger partial charge in [0, 0.05) is 35.5 Å². The molecule has 2 heterocycles. The van der Waals surface area contributed by atoms with E-state index in [0.29, 0.717) is 52.5 Å². The number of hydrogen-bond donors (Lipinski definition) is 2. The molecular formula is C29H31F2N5O6S. The van der Waals surface area contributed by atoms with Crippen LogP contribution in [-0.4, -0.2) is 55.3 Å². The third-order valence-corrected chi connectivity index (χ3v) is 7.35. The zero-order valence-corrected chi connectivity index (χ0v) is 25.0. The van der Waals surface area contributed by atoms with E-state index in [1.54, 1.807) is 26.8 Å². The summed E-state index contributed by atoms with van der Waals surface area (Å²) in [4.78, 5) is 24.0. The molecule has 0 saturated carbocycles. The highest BCUT2D eigenvalue weighted by Gasteiger charge is 2.23. The van der Waals surface area contributed by atoms with Crippen molar-refractivity contribution in [3.63, 3.8) is 0 Å². The number of alkyl carbamates (subject to hydrolysis) is 1. The van der Waals surface area contributed by atoms with Gasteiger partial charge in [0.15, 0.2) is 0 Å². The summed E-state index contributed by atoms with van der Waals surface area (Å²) in [6.45, 7) is 7.71. The first-order valence-corrected chi connectivity index (χ1v) is 14.6. The topological polar surface area (TPSA) is 142 Å². The zero-order valence-electron chi connectivity index (χ0n) is 24.2. The predicted octanol–water partition coefficient (Wildman–Crippen LogP) is 5.38. The molecule has 2 N–H and O–H groups in total. The van der Waals surface area contributed by atoms with Crippen molar-refractivity contribution in [3.05, 3.63) is 66.3 Å². The van der Waals surface area contributed by atoms with Crippen LogP contribution in [0.1, 0.15) is 32.9 Å². The van der Waals surface area contributed by atoms with Crippen LogP contribution in [0.2, 0.25) is 0 Å². The Balaban J connectivity index is 1.62. The number of benzene rings is 2. The van der Waals surface area contributed by atoms with E-state index in [1.165, 1.54) is 25.7 Å². The monoisotopic (exact) mass is 615 g/mol.